The largest absolute Gasteiger partial charge is 0.481 e. The molecule has 1 saturated heterocycles. The molecule has 2 atom stereocenters. The van der Waals surface area contributed by atoms with Gasteiger partial charge in [-0.2, -0.15) is 0 Å². The van der Waals surface area contributed by atoms with Crippen LogP contribution in [-0.4, -0.2) is 40.9 Å². The molecule has 1 fully saturated rings. The van der Waals surface area contributed by atoms with Crippen molar-refractivity contribution in [2.45, 2.75) is 37.8 Å². The molecule has 0 aromatic rings. The molecule has 0 aromatic carbocycles. The van der Waals surface area contributed by atoms with Gasteiger partial charge < -0.3 is 21.5 Å². The number of amides is 3. The topological polar surface area (TPSA) is 139 Å². The van der Waals surface area contributed by atoms with Crippen molar-refractivity contribution >= 4 is 23.7 Å². The van der Waals surface area contributed by atoms with Crippen LogP contribution < -0.4 is 16.4 Å². The van der Waals surface area contributed by atoms with E-state index < -0.39 is 29.9 Å². The van der Waals surface area contributed by atoms with Crippen LogP contribution >= 0.6 is 0 Å². The van der Waals surface area contributed by atoms with Gasteiger partial charge >= 0.3 is 5.97 Å². The highest BCUT2D eigenvalue weighted by molar-refractivity contribution is 5.93. The first-order chi connectivity index (χ1) is 8.40. The van der Waals surface area contributed by atoms with Crippen LogP contribution in [0, 0.1) is 0 Å². The first kappa shape index (κ1) is 13.9. The second-order valence-corrected chi connectivity index (χ2v) is 4.05. The van der Waals surface area contributed by atoms with Crippen molar-refractivity contribution in [3.63, 3.8) is 0 Å². The van der Waals surface area contributed by atoms with Crippen LogP contribution in [0.1, 0.15) is 25.7 Å². The van der Waals surface area contributed by atoms with E-state index in [1.54, 1.807) is 0 Å². The maximum Gasteiger partial charge on any atom is 0.303 e. The molecule has 8 heteroatoms. The second kappa shape index (κ2) is 5.99. The molecule has 5 N–H and O–H groups in total. The molecule has 1 heterocycles. The Bertz CT molecular complexity index is 382. The molecule has 1 aliphatic heterocycles. The fourth-order valence-electron chi connectivity index (χ4n) is 1.64. The van der Waals surface area contributed by atoms with Gasteiger partial charge in [0.15, 0.2) is 0 Å². The van der Waals surface area contributed by atoms with E-state index in [9.17, 15) is 19.2 Å². The molecule has 0 spiro atoms. The Balaban J connectivity index is 2.49. The average molecular weight is 257 g/mol. The van der Waals surface area contributed by atoms with E-state index in [2.05, 4.69) is 10.6 Å². The van der Waals surface area contributed by atoms with E-state index in [1.807, 2.05) is 0 Å². The predicted molar refractivity (Wildman–Crippen MR) is 59.2 cm³/mol. The molecular weight excluding hydrogens is 242 g/mol. The van der Waals surface area contributed by atoms with Crippen LogP contribution in [0.25, 0.3) is 0 Å². The van der Waals surface area contributed by atoms with E-state index in [-0.39, 0.29) is 25.2 Å². The summed E-state index contributed by atoms with van der Waals surface area (Å²) in [5, 5.41) is 13.3. The Morgan fingerprint density at radius 1 is 1.50 bits per heavy atom. The summed E-state index contributed by atoms with van der Waals surface area (Å²) in [7, 11) is 0. The number of carbonyl (C=O) groups excluding carboxylic acids is 3. The van der Waals surface area contributed by atoms with Gasteiger partial charge in [-0.25, -0.2) is 0 Å². The Labute approximate surface area is 103 Å². The lowest BCUT2D eigenvalue weighted by Gasteiger charge is -2.17. The highest BCUT2D eigenvalue weighted by Crippen LogP contribution is 2.07. The zero-order valence-corrected chi connectivity index (χ0v) is 9.64. The number of carbonyl (C=O) groups is 4. The Hall–Kier alpha value is -2.12. The van der Waals surface area contributed by atoms with Crippen LogP contribution in [0.2, 0.25) is 0 Å². The lowest BCUT2D eigenvalue weighted by atomic mass is 10.1. The van der Waals surface area contributed by atoms with Crippen LogP contribution in [0.3, 0.4) is 0 Å². The lowest BCUT2D eigenvalue weighted by molar-refractivity contribution is -0.137. The van der Waals surface area contributed by atoms with E-state index in [0.717, 1.165) is 0 Å². The van der Waals surface area contributed by atoms with Gasteiger partial charge in [-0.3, -0.25) is 19.2 Å². The van der Waals surface area contributed by atoms with Gasteiger partial charge in [0.25, 0.3) is 0 Å². The summed E-state index contributed by atoms with van der Waals surface area (Å²) >= 11 is 0. The second-order valence-electron chi connectivity index (χ2n) is 4.05. The maximum absolute atomic E-state index is 11.7. The number of aliphatic carboxylic acids is 1. The molecule has 18 heavy (non-hydrogen) atoms. The fourth-order valence-corrected chi connectivity index (χ4v) is 1.64. The van der Waals surface area contributed by atoms with Gasteiger partial charge in [-0.1, -0.05) is 0 Å². The molecule has 0 unspecified atom stereocenters. The third kappa shape index (κ3) is 4.04. The van der Waals surface area contributed by atoms with Crippen molar-refractivity contribution in [3.8, 4) is 0 Å². The summed E-state index contributed by atoms with van der Waals surface area (Å²) in [6.07, 6.45) is 0.269. The zero-order chi connectivity index (χ0) is 13.7. The SMILES string of the molecule is NC(=O)[C@H](CCC(=O)O)NC(=O)[C@H]1CCC(=O)N1. The van der Waals surface area contributed by atoms with Crippen LogP contribution in [0.4, 0.5) is 0 Å². The minimum atomic E-state index is -1.08. The normalized spacial score (nSPS) is 20.0. The summed E-state index contributed by atoms with van der Waals surface area (Å²) in [4.78, 5) is 44.0. The summed E-state index contributed by atoms with van der Waals surface area (Å²) in [6, 6.07) is -1.71. The van der Waals surface area contributed by atoms with Gasteiger partial charge in [0.05, 0.1) is 0 Å². The molecule has 0 radical (unpaired) electrons. The van der Waals surface area contributed by atoms with E-state index in [1.165, 1.54) is 0 Å². The molecule has 100 valence electrons. The van der Waals surface area contributed by atoms with Crippen LogP contribution in [-0.2, 0) is 19.2 Å². The molecule has 0 bridgehead atoms. The predicted octanol–water partition coefficient (Wildman–Crippen LogP) is -1.90. The van der Waals surface area contributed by atoms with Gasteiger partial charge in [0.1, 0.15) is 12.1 Å². The number of primary amides is 1. The maximum atomic E-state index is 11.7. The van der Waals surface area contributed by atoms with Crippen molar-refractivity contribution in [2.75, 3.05) is 0 Å². The number of hydrogen-bond acceptors (Lipinski definition) is 4. The van der Waals surface area contributed by atoms with Gasteiger partial charge in [0.2, 0.25) is 17.7 Å². The number of carboxylic acid groups (broad SMARTS) is 1. The molecule has 8 nitrogen and oxygen atoms in total. The average Bonchev–Trinajstić information content (AvgIpc) is 2.70. The number of carboxylic acids is 1. The molecule has 0 aromatic heterocycles. The van der Waals surface area contributed by atoms with Gasteiger partial charge in [-0.05, 0) is 12.8 Å². The van der Waals surface area contributed by atoms with Crippen molar-refractivity contribution in [1.82, 2.24) is 10.6 Å². The zero-order valence-electron chi connectivity index (χ0n) is 9.64. The van der Waals surface area contributed by atoms with Crippen molar-refractivity contribution in [1.29, 1.82) is 0 Å². The fraction of sp³-hybridized carbons (Fsp3) is 0.600. The minimum Gasteiger partial charge on any atom is -0.481 e. The lowest BCUT2D eigenvalue weighted by Crippen LogP contribution is -2.50. The van der Waals surface area contributed by atoms with Crippen LogP contribution in [0.5, 0.6) is 0 Å². The van der Waals surface area contributed by atoms with Crippen molar-refractivity contribution in [3.05, 3.63) is 0 Å². The minimum absolute atomic E-state index is 0.0723. The van der Waals surface area contributed by atoms with E-state index in [4.69, 9.17) is 10.8 Å². The molecule has 0 aliphatic carbocycles. The highest BCUT2D eigenvalue weighted by Gasteiger charge is 2.29. The van der Waals surface area contributed by atoms with E-state index in [0.29, 0.717) is 6.42 Å². The number of nitrogens with one attached hydrogen (secondary N) is 2. The summed E-state index contributed by atoms with van der Waals surface area (Å²) < 4.78 is 0. The summed E-state index contributed by atoms with van der Waals surface area (Å²) in [5.41, 5.74) is 5.06. The third-order valence-corrected chi connectivity index (χ3v) is 2.62. The quantitative estimate of drug-likeness (QED) is 0.440. The Kier molecular flexibility index (Phi) is 4.64. The number of hydrogen-bond donors (Lipinski definition) is 4. The van der Waals surface area contributed by atoms with Crippen molar-refractivity contribution in [2.24, 2.45) is 5.73 Å². The number of rotatable bonds is 6. The summed E-state index contributed by atoms with van der Waals surface area (Å²) in [6.45, 7) is 0. The van der Waals surface area contributed by atoms with E-state index >= 15 is 0 Å². The third-order valence-electron chi connectivity index (χ3n) is 2.62. The Morgan fingerprint density at radius 2 is 2.17 bits per heavy atom. The Morgan fingerprint density at radius 3 is 2.61 bits per heavy atom. The molecular formula is C10H15N3O5. The first-order valence-corrected chi connectivity index (χ1v) is 5.51. The van der Waals surface area contributed by atoms with Crippen molar-refractivity contribution < 1.29 is 24.3 Å². The summed E-state index contributed by atoms with van der Waals surface area (Å²) in [5.74, 6) is -2.62. The van der Waals surface area contributed by atoms with Gasteiger partial charge in [-0.15, -0.1) is 0 Å². The van der Waals surface area contributed by atoms with Gasteiger partial charge in [0, 0.05) is 12.8 Å². The molecule has 1 aliphatic rings. The monoisotopic (exact) mass is 257 g/mol. The number of nitrogens with two attached hydrogens (primary N) is 1. The molecule has 1 rings (SSSR count). The standard InChI is InChI=1S/C10H15N3O5/c11-9(17)5(2-4-8(15)16)13-10(18)6-1-3-7(14)12-6/h5-6H,1-4H2,(H2,11,17)(H,12,14)(H,13,18)(H,15,16)/t5-,6+/m0/s1. The van der Waals surface area contributed by atoms with Crippen LogP contribution in [0.15, 0.2) is 0 Å². The molecule has 0 saturated carbocycles. The molecule has 3 amide bonds. The highest BCUT2D eigenvalue weighted by atomic mass is 16.4. The first-order valence-electron chi connectivity index (χ1n) is 5.51. The smallest absolute Gasteiger partial charge is 0.303 e.